The van der Waals surface area contributed by atoms with Gasteiger partial charge in [-0.25, -0.2) is 0 Å². The number of hydrogen-bond donors (Lipinski definition) is 4. The Morgan fingerprint density at radius 2 is 2.09 bits per heavy atom. The molecule has 3 rings (SSSR count). The molecular weight excluding hydrogens is 284 g/mol. The Bertz CT molecular complexity index is 533. The van der Waals surface area contributed by atoms with E-state index in [1.165, 1.54) is 0 Å². The van der Waals surface area contributed by atoms with Crippen LogP contribution in [0.5, 0.6) is 5.75 Å². The van der Waals surface area contributed by atoms with Crippen LogP contribution in [0, 0.1) is 5.92 Å². The van der Waals surface area contributed by atoms with E-state index >= 15 is 0 Å². The first-order chi connectivity index (χ1) is 10.6. The second-order valence-electron chi connectivity index (χ2n) is 6.00. The molecule has 3 atom stereocenters. The van der Waals surface area contributed by atoms with Crippen molar-refractivity contribution in [2.24, 2.45) is 5.92 Å². The van der Waals surface area contributed by atoms with E-state index in [1.807, 2.05) is 12.1 Å². The summed E-state index contributed by atoms with van der Waals surface area (Å²) < 4.78 is 5.56. The topological polar surface area (TPSA) is 90.8 Å². The van der Waals surface area contributed by atoms with Crippen molar-refractivity contribution < 1.29 is 19.7 Å². The van der Waals surface area contributed by atoms with Gasteiger partial charge in [-0.15, -0.1) is 0 Å². The number of rotatable bonds is 6. The van der Waals surface area contributed by atoms with E-state index in [4.69, 9.17) is 4.74 Å². The molecule has 1 aromatic carbocycles. The smallest absolute Gasteiger partial charge is 0.223 e. The number of para-hydroxylation sites is 1. The Hall–Kier alpha value is -1.63. The number of phenolic OH excluding ortho intramolecular Hbond substituents is 1. The second-order valence-corrected chi connectivity index (χ2v) is 6.00. The molecule has 1 heterocycles. The fraction of sp³-hybridized carbons (Fsp3) is 0.562. The summed E-state index contributed by atoms with van der Waals surface area (Å²) in [5, 5.41) is 26.0. The Labute approximate surface area is 129 Å². The molecule has 0 aromatic heterocycles. The van der Waals surface area contributed by atoms with Crippen LogP contribution in [0.3, 0.4) is 0 Å². The van der Waals surface area contributed by atoms with E-state index in [0.29, 0.717) is 19.7 Å². The van der Waals surface area contributed by atoms with Gasteiger partial charge in [-0.2, -0.15) is 0 Å². The van der Waals surface area contributed by atoms with E-state index in [1.54, 1.807) is 12.1 Å². The predicted octanol–water partition coefficient (Wildman–Crippen LogP) is 0.136. The van der Waals surface area contributed by atoms with Crippen LogP contribution in [0.1, 0.15) is 18.4 Å². The molecule has 4 N–H and O–H groups in total. The molecule has 22 heavy (non-hydrogen) atoms. The molecule has 1 saturated carbocycles. The van der Waals surface area contributed by atoms with Crippen molar-refractivity contribution in [1.29, 1.82) is 0 Å². The minimum atomic E-state index is -0.676. The molecule has 2 aliphatic rings. The lowest BCUT2D eigenvalue weighted by Gasteiger charge is -2.19. The van der Waals surface area contributed by atoms with Crippen LogP contribution in [0.15, 0.2) is 24.3 Å². The monoisotopic (exact) mass is 306 g/mol. The minimum Gasteiger partial charge on any atom is -0.508 e. The van der Waals surface area contributed by atoms with E-state index in [0.717, 1.165) is 18.4 Å². The van der Waals surface area contributed by atoms with Crippen molar-refractivity contribution in [1.82, 2.24) is 10.6 Å². The van der Waals surface area contributed by atoms with E-state index < -0.39 is 6.10 Å². The zero-order valence-electron chi connectivity index (χ0n) is 12.4. The summed E-state index contributed by atoms with van der Waals surface area (Å²) in [5.41, 5.74) is 0.778. The number of carbonyl (C=O) groups is 1. The van der Waals surface area contributed by atoms with Gasteiger partial charge in [-0.1, -0.05) is 18.2 Å². The zero-order valence-corrected chi connectivity index (χ0v) is 12.4. The van der Waals surface area contributed by atoms with Crippen LogP contribution >= 0.6 is 0 Å². The molecule has 1 amide bonds. The Balaban J connectivity index is 1.45. The lowest BCUT2D eigenvalue weighted by molar-refractivity contribution is -0.123. The number of amides is 1. The summed E-state index contributed by atoms with van der Waals surface area (Å²) >= 11 is 0. The maximum atomic E-state index is 11.6. The summed E-state index contributed by atoms with van der Waals surface area (Å²) in [4.78, 5) is 11.6. The van der Waals surface area contributed by atoms with Crippen LogP contribution in [-0.4, -0.2) is 47.5 Å². The van der Waals surface area contributed by atoms with Gasteiger partial charge in [0.1, 0.15) is 11.9 Å². The number of benzene rings is 1. The number of aliphatic hydroxyl groups excluding tert-OH is 1. The zero-order chi connectivity index (χ0) is 15.5. The maximum absolute atomic E-state index is 11.6. The molecule has 6 heteroatoms. The lowest BCUT2D eigenvalue weighted by Crippen LogP contribution is -2.44. The highest BCUT2D eigenvalue weighted by molar-refractivity contribution is 5.80. The summed E-state index contributed by atoms with van der Waals surface area (Å²) in [6.45, 7) is 1.18. The van der Waals surface area contributed by atoms with Gasteiger partial charge in [0.2, 0.25) is 5.91 Å². The summed E-state index contributed by atoms with van der Waals surface area (Å²) in [6.07, 6.45) is 0.866. The number of hydrogen-bond acceptors (Lipinski definition) is 5. The van der Waals surface area contributed by atoms with Crippen LogP contribution in [0.25, 0.3) is 0 Å². The molecule has 0 spiro atoms. The minimum absolute atomic E-state index is 0.0569. The van der Waals surface area contributed by atoms with E-state index in [9.17, 15) is 15.0 Å². The molecule has 120 valence electrons. The van der Waals surface area contributed by atoms with Crippen LogP contribution in [0.4, 0.5) is 0 Å². The molecule has 1 aromatic rings. The van der Waals surface area contributed by atoms with Crippen molar-refractivity contribution in [3.63, 3.8) is 0 Å². The SMILES string of the molecule is O=C(NCC1OCC(NCc2ccccc2O)C1O)C1CC1. The van der Waals surface area contributed by atoms with Crippen molar-refractivity contribution in [2.75, 3.05) is 13.2 Å². The van der Waals surface area contributed by atoms with Crippen molar-refractivity contribution in [3.05, 3.63) is 29.8 Å². The summed E-state index contributed by atoms with van der Waals surface area (Å²) in [7, 11) is 0. The highest BCUT2D eigenvalue weighted by atomic mass is 16.5. The first-order valence-corrected chi connectivity index (χ1v) is 7.73. The van der Waals surface area contributed by atoms with Gasteiger partial charge in [-0.3, -0.25) is 4.79 Å². The molecule has 1 saturated heterocycles. The van der Waals surface area contributed by atoms with Gasteiger partial charge < -0.3 is 25.6 Å². The summed E-state index contributed by atoms with van der Waals surface area (Å²) in [6, 6.07) is 6.88. The van der Waals surface area contributed by atoms with Gasteiger partial charge in [0.25, 0.3) is 0 Å². The molecule has 0 radical (unpaired) electrons. The number of nitrogens with one attached hydrogen (secondary N) is 2. The lowest BCUT2D eigenvalue weighted by atomic mass is 10.1. The third-order valence-corrected chi connectivity index (χ3v) is 4.25. The summed E-state index contributed by atoms with van der Waals surface area (Å²) in [5.74, 6) is 0.451. The van der Waals surface area contributed by atoms with Gasteiger partial charge in [0.05, 0.1) is 18.8 Å². The third-order valence-electron chi connectivity index (χ3n) is 4.25. The predicted molar refractivity (Wildman–Crippen MR) is 80.2 cm³/mol. The van der Waals surface area contributed by atoms with Crippen molar-refractivity contribution in [2.45, 2.75) is 37.6 Å². The quantitative estimate of drug-likeness (QED) is 0.600. The van der Waals surface area contributed by atoms with Crippen LogP contribution in [0.2, 0.25) is 0 Å². The molecule has 0 bridgehead atoms. The molecular formula is C16H22N2O4. The number of carbonyl (C=O) groups excluding carboxylic acids is 1. The number of aromatic hydroxyl groups is 1. The standard InChI is InChI=1S/C16H22N2O4/c19-13-4-2-1-3-11(13)7-17-12-9-22-14(15(12)20)8-18-16(21)10-5-6-10/h1-4,10,12,14-15,17,19-20H,5-9H2,(H,18,21). The van der Waals surface area contributed by atoms with Gasteiger partial charge in [0.15, 0.2) is 0 Å². The van der Waals surface area contributed by atoms with Gasteiger partial charge >= 0.3 is 0 Å². The van der Waals surface area contributed by atoms with Crippen molar-refractivity contribution in [3.8, 4) is 5.75 Å². The average Bonchev–Trinajstić information content (AvgIpc) is 3.30. The Morgan fingerprint density at radius 1 is 1.32 bits per heavy atom. The van der Waals surface area contributed by atoms with Gasteiger partial charge in [0, 0.05) is 24.6 Å². The van der Waals surface area contributed by atoms with Crippen LogP contribution < -0.4 is 10.6 Å². The fourth-order valence-corrected chi connectivity index (χ4v) is 2.64. The highest BCUT2D eigenvalue weighted by Crippen LogP contribution is 2.28. The normalized spacial score (nSPS) is 27.8. The third kappa shape index (κ3) is 3.58. The highest BCUT2D eigenvalue weighted by Gasteiger charge is 2.37. The molecule has 1 aliphatic carbocycles. The second kappa shape index (κ2) is 6.64. The fourth-order valence-electron chi connectivity index (χ4n) is 2.64. The first-order valence-electron chi connectivity index (χ1n) is 7.73. The molecule has 2 fully saturated rings. The molecule has 1 aliphatic heterocycles. The van der Waals surface area contributed by atoms with Crippen LogP contribution in [-0.2, 0) is 16.1 Å². The Morgan fingerprint density at radius 3 is 2.82 bits per heavy atom. The number of aliphatic hydroxyl groups is 1. The Kier molecular flexibility index (Phi) is 4.61. The largest absolute Gasteiger partial charge is 0.508 e. The molecule has 6 nitrogen and oxygen atoms in total. The number of ether oxygens (including phenoxy) is 1. The van der Waals surface area contributed by atoms with E-state index in [2.05, 4.69) is 10.6 Å². The number of phenols is 1. The maximum Gasteiger partial charge on any atom is 0.223 e. The van der Waals surface area contributed by atoms with Crippen molar-refractivity contribution >= 4 is 5.91 Å². The van der Waals surface area contributed by atoms with E-state index in [-0.39, 0.29) is 29.7 Å². The average molecular weight is 306 g/mol. The van der Waals surface area contributed by atoms with Gasteiger partial charge in [-0.05, 0) is 18.9 Å². The molecule has 3 unspecified atom stereocenters. The first kappa shape index (κ1) is 15.3.